The van der Waals surface area contributed by atoms with Crippen LogP contribution in [0.2, 0.25) is 0 Å². The predicted octanol–water partition coefficient (Wildman–Crippen LogP) is 3.66. The van der Waals surface area contributed by atoms with E-state index in [0.29, 0.717) is 0 Å². The summed E-state index contributed by atoms with van der Waals surface area (Å²) in [5.74, 6) is 1.09. The van der Waals surface area contributed by atoms with Gasteiger partial charge in [-0.3, -0.25) is 4.99 Å². The maximum absolute atomic E-state index is 11.0. The number of nitrogens with one attached hydrogen (secondary N) is 1. The van der Waals surface area contributed by atoms with E-state index in [-0.39, 0.29) is 18.6 Å². The first kappa shape index (κ1) is 20.1. The van der Waals surface area contributed by atoms with Gasteiger partial charge in [-0.15, -0.1) is 0 Å². The number of nitrogens with zero attached hydrogens (tertiary/aromatic N) is 1. The van der Waals surface area contributed by atoms with E-state index in [1.165, 1.54) is 5.56 Å². The van der Waals surface area contributed by atoms with Crippen LogP contribution in [0.3, 0.4) is 0 Å². The standard InChI is InChI=1S/C24H30N2O3/c1-15-11-17(14-27)26-20-12-19-21(13-18(15)20)29-24(2,3)23(28)22(19)25-10-9-16-7-5-4-6-8-16/h4-8,12-13,15,22-23,25,27-28H,9-11,14H2,1-3H3/t15?,22-,23+/m0/s1. The van der Waals surface area contributed by atoms with Gasteiger partial charge in [-0.2, -0.15) is 0 Å². The minimum absolute atomic E-state index is 0.0220. The van der Waals surface area contributed by atoms with E-state index in [1.807, 2.05) is 38.1 Å². The Morgan fingerprint density at radius 1 is 1.17 bits per heavy atom. The highest BCUT2D eigenvalue weighted by Gasteiger charge is 2.43. The quantitative estimate of drug-likeness (QED) is 0.724. The van der Waals surface area contributed by atoms with Crippen LogP contribution in [0.25, 0.3) is 0 Å². The molecule has 154 valence electrons. The van der Waals surface area contributed by atoms with Crippen molar-refractivity contribution < 1.29 is 14.9 Å². The first-order chi connectivity index (χ1) is 13.9. The Hall–Kier alpha value is -2.21. The van der Waals surface area contributed by atoms with Crippen LogP contribution in [0, 0.1) is 0 Å². The molecule has 0 spiro atoms. The summed E-state index contributed by atoms with van der Waals surface area (Å²) in [4.78, 5) is 4.65. The molecule has 1 unspecified atom stereocenters. The van der Waals surface area contributed by atoms with E-state index < -0.39 is 11.7 Å². The van der Waals surface area contributed by atoms with Crippen LogP contribution in [0.1, 0.15) is 55.8 Å². The SMILES string of the molecule is CC1CC(CO)=Nc2cc3c(cc21)OC(C)(C)[C@H](O)[C@H]3NCCc1ccccc1. The Kier molecular flexibility index (Phi) is 5.47. The molecule has 2 aromatic carbocycles. The zero-order valence-electron chi connectivity index (χ0n) is 17.4. The third kappa shape index (κ3) is 3.95. The third-order valence-electron chi connectivity index (χ3n) is 6.05. The molecule has 29 heavy (non-hydrogen) atoms. The number of hydrogen-bond acceptors (Lipinski definition) is 5. The number of benzene rings is 2. The molecule has 0 saturated carbocycles. The highest BCUT2D eigenvalue weighted by atomic mass is 16.5. The number of rotatable bonds is 5. The fraction of sp³-hybridized carbons (Fsp3) is 0.458. The molecule has 4 rings (SSSR count). The van der Waals surface area contributed by atoms with Crippen molar-refractivity contribution in [1.29, 1.82) is 0 Å². The lowest BCUT2D eigenvalue weighted by Crippen LogP contribution is -2.52. The predicted molar refractivity (Wildman–Crippen MR) is 115 cm³/mol. The minimum atomic E-state index is -0.691. The van der Waals surface area contributed by atoms with Gasteiger partial charge < -0.3 is 20.3 Å². The minimum Gasteiger partial charge on any atom is -0.485 e. The highest BCUT2D eigenvalue weighted by molar-refractivity contribution is 5.91. The van der Waals surface area contributed by atoms with Gasteiger partial charge in [-0.1, -0.05) is 37.3 Å². The number of ether oxygens (including phenoxy) is 1. The fourth-order valence-electron chi connectivity index (χ4n) is 4.36. The molecule has 3 N–H and O–H groups in total. The smallest absolute Gasteiger partial charge is 0.131 e. The zero-order chi connectivity index (χ0) is 20.6. The Balaban J connectivity index is 1.65. The number of aliphatic hydroxyl groups excluding tert-OH is 2. The van der Waals surface area contributed by atoms with Crippen molar-refractivity contribution in [3.05, 3.63) is 59.2 Å². The summed E-state index contributed by atoms with van der Waals surface area (Å²) in [6.45, 7) is 6.73. The van der Waals surface area contributed by atoms with Crippen molar-refractivity contribution in [3.63, 3.8) is 0 Å². The van der Waals surface area contributed by atoms with Crippen LogP contribution >= 0.6 is 0 Å². The lowest BCUT2D eigenvalue weighted by atomic mass is 9.83. The second-order valence-corrected chi connectivity index (χ2v) is 8.71. The lowest BCUT2D eigenvalue weighted by molar-refractivity contribution is -0.0644. The van der Waals surface area contributed by atoms with Crippen molar-refractivity contribution >= 4 is 11.4 Å². The van der Waals surface area contributed by atoms with Gasteiger partial charge in [0.2, 0.25) is 0 Å². The number of aliphatic imine (C=N–C) groups is 1. The van der Waals surface area contributed by atoms with E-state index in [1.54, 1.807) is 0 Å². The fourth-order valence-corrected chi connectivity index (χ4v) is 4.36. The molecule has 5 nitrogen and oxygen atoms in total. The van der Waals surface area contributed by atoms with Crippen LogP contribution in [0.5, 0.6) is 5.75 Å². The van der Waals surface area contributed by atoms with Gasteiger partial charge >= 0.3 is 0 Å². The summed E-state index contributed by atoms with van der Waals surface area (Å²) in [5, 5.41) is 24.1. The normalized spacial score (nSPS) is 24.9. The molecular weight excluding hydrogens is 364 g/mol. The van der Waals surface area contributed by atoms with Crippen LogP contribution in [-0.4, -0.2) is 40.8 Å². The van der Waals surface area contributed by atoms with Gasteiger partial charge in [-0.05, 0) is 62.4 Å². The Bertz CT molecular complexity index is 908. The first-order valence-corrected chi connectivity index (χ1v) is 10.4. The van der Waals surface area contributed by atoms with Crippen LogP contribution in [0.15, 0.2) is 47.5 Å². The van der Waals surface area contributed by atoms with Crippen LogP contribution in [0.4, 0.5) is 5.69 Å². The van der Waals surface area contributed by atoms with E-state index in [4.69, 9.17) is 4.74 Å². The summed E-state index contributed by atoms with van der Waals surface area (Å²) in [5.41, 5.74) is 4.31. The molecule has 0 aromatic heterocycles. The average Bonchev–Trinajstić information content (AvgIpc) is 2.70. The summed E-state index contributed by atoms with van der Waals surface area (Å²) >= 11 is 0. The van der Waals surface area contributed by atoms with Gasteiger partial charge in [0.25, 0.3) is 0 Å². The van der Waals surface area contributed by atoms with E-state index in [0.717, 1.165) is 47.7 Å². The van der Waals surface area contributed by atoms with Crippen molar-refractivity contribution in [1.82, 2.24) is 5.32 Å². The molecule has 0 saturated heterocycles. The second kappa shape index (κ2) is 7.90. The van der Waals surface area contributed by atoms with Crippen molar-refractivity contribution in [3.8, 4) is 5.75 Å². The molecule has 5 heteroatoms. The summed E-state index contributed by atoms with van der Waals surface area (Å²) in [6, 6.07) is 14.2. The molecular formula is C24H30N2O3. The lowest BCUT2D eigenvalue weighted by Gasteiger charge is -2.43. The van der Waals surface area contributed by atoms with Gasteiger partial charge in [0.1, 0.15) is 17.5 Å². The molecule has 0 bridgehead atoms. The maximum Gasteiger partial charge on any atom is 0.131 e. The Labute approximate surface area is 172 Å². The Morgan fingerprint density at radius 2 is 1.93 bits per heavy atom. The highest BCUT2D eigenvalue weighted by Crippen LogP contribution is 2.46. The molecule has 2 aliphatic heterocycles. The van der Waals surface area contributed by atoms with Crippen molar-refractivity contribution in [2.45, 2.75) is 57.3 Å². The van der Waals surface area contributed by atoms with E-state index in [9.17, 15) is 10.2 Å². The van der Waals surface area contributed by atoms with Gasteiger partial charge in [-0.25, -0.2) is 0 Å². The monoisotopic (exact) mass is 394 g/mol. The van der Waals surface area contributed by atoms with Gasteiger partial charge in [0, 0.05) is 11.3 Å². The zero-order valence-corrected chi connectivity index (χ0v) is 17.4. The molecule has 2 aliphatic rings. The molecule has 2 heterocycles. The Morgan fingerprint density at radius 3 is 2.66 bits per heavy atom. The molecule has 3 atom stereocenters. The molecule has 0 amide bonds. The molecule has 0 fully saturated rings. The van der Waals surface area contributed by atoms with E-state index >= 15 is 0 Å². The molecule has 2 aromatic rings. The number of aliphatic hydroxyl groups is 2. The maximum atomic E-state index is 11.0. The second-order valence-electron chi connectivity index (χ2n) is 8.71. The average molecular weight is 395 g/mol. The summed E-state index contributed by atoms with van der Waals surface area (Å²) < 4.78 is 6.21. The van der Waals surface area contributed by atoms with Crippen LogP contribution in [-0.2, 0) is 6.42 Å². The molecule has 0 radical (unpaired) electrons. The first-order valence-electron chi connectivity index (χ1n) is 10.4. The number of fused-ring (bicyclic) bond motifs is 2. The topological polar surface area (TPSA) is 74.1 Å². The van der Waals surface area contributed by atoms with Gasteiger partial charge in [0.15, 0.2) is 0 Å². The van der Waals surface area contributed by atoms with Gasteiger partial charge in [0.05, 0.1) is 18.3 Å². The largest absolute Gasteiger partial charge is 0.485 e. The third-order valence-corrected chi connectivity index (χ3v) is 6.05. The molecule has 0 aliphatic carbocycles. The summed E-state index contributed by atoms with van der Waals surface area (Å²) in [7, 11) is 0. The van der Waals surface area contributed by atoms with Crippen LogP contribution < -0.4 is 10.1 Å². The van der Waals surface area contributed by atoms with Crippen molar-refractivity contribution in [2.75, 3.05) is 13.2 Å². The van der Waals surface area contributed by atoms with E-state index in [2.05, 4.69) is 35.4 Å². The van der Waals surface area contributed by atoms with Crippen molar-refractivity contribution in [2.24, 2.45) is 4.99 Å². The number of hydrogen-bond donors (Lipinski definition) is 3. The summed E-state index contributed by atoms with van der Waals surface area (Å²) in [6.07, 6.45) is 0.953.